The number of hydrogen-bond donors (Lipinski definition) is 0. The quantitative estimate of drug-likeness (QED) is 0.542. The minimum Gasteiger partial charge on any atom is -0.426 e. The number of rotatable bonds is 3. The highest BCUT2D eigenvalue weighted by atomic mass is 35.5. The molecule has 0 saturated carbocycles. The molecule has 2 aromatic rings. The third-order valence-electron chi connectivity index (χ3n) is 5.75. The Morgan fingerprint density at radius 2 is 1.83 bits per heavy atom. The van der Waals surface area contributed by atoms with Gasteiger partial charge in [-0.1, -0.05) is 23.2 Å². The van der Waals surface area contributed by atoms with E-state index in [1.54, 1.807) is 19.1 Å². The molecule has 1 aromatic carbocycles. The van der Waals surface area contributed by atoms with Crippen LogP contribution in [0, 0.1) is 0 Å². The van der Waals surface area contributed by atoms with E-state index in [-0.39, 0.29) is 17.7 Å². The fraction of sp³-hybridized carbons (Fsp3) is 0.500. The summed E-state index contributed by atoms with van der Waals surface area (Å²) in [5.74, 6) is 2.27. The molecule has 2 aliphatic heterocycles. The molecule has 1 amide bonds. The first-order valence-electron chi connectivity index (χ1n) is 9.69. The van der Waals surface area contributed by atoms with Crippen molar-refractivity contribution in [2.45, 2.75) is 51.5 Å². The highest BCUT2D eigenvalue weighted by Crippen LogP contribution is 2.43. The molecule has 3 heterocycles. The van der Waals surface area contributed by atoms with Gasteiger partial charge in [-0.05, 0) is 25.0 Å². The summed E-state index contributed by atoms with van der Waals surface area (Å²) < 4.78 is 7.53. The summed E-state index contributed by atoms with van der Waals surface area (Å²) in [6.07, 6.45) is 2.39. The number of ether oxygens (including phenoxy) is 1. The lowest BCUT2D eigenvalue weighted by molar-refractivity contribution is -0.132. The Balaban J connectivity index is 1.58. The maximum Gasteiger partial charge on any atom is 0.308 e. The molecule has 0 radical (unpaired) electrons. The number of esters is 1. The molecular weight excluding hydrogens is 415 g/mol. The van der Waals surface area contributed by atoms with Crippen LogP contribution >= 0.6 is 23.2 Å². The molecule has 7 nitrogen and oxygen atoms in total. The number of amides is 1. The summed E-state index contributed by atoms with van der Waals surface area (Å²) in [7, 11) is 0. The van der Waals surface area contributed by atoms with Crippen LogP contribution in [0.25, 0.3) is 0 Å². The molecule has 2 aliphatic rings. The van der Waals surface area contributed by atoms with E-state index in [0.29, 0.717) is 28.8 Å². The maximum absolute atomic E-state index is 11.6. The number of hydrogen-bond acceptors (Lipinski definition) is 5. The molecule has 9 heteroatoms. The Labute approximate surface area is 178 Å². The second kappa shape index (κ2) is 7.95. The number of benzene rings is 1. The van der Waals surface area contributed by atoms with Crippen molar-refractivity contribution in [1.82, 2.24) is 19.7 Å². The molecule has 1 saturated heterocycles. The molecule has 29 heavy (non-hydrogen) atoms. The van der Waals surface area contributed by atoms with Crippen molar-refractivity contribution in [3.63, 3.8) is 0 Å². The highest BCUT2D eigenvalue weighted by molar-refractivity contribution is 6.42. The third-order valence-corrected chi connectivity index (χ3v) is 6.57. The molecule has 0 aliphatic carbocycles. The van der Waals surface area contributed by atoms with Crippen LogP contribution in [0.4, 0.5) is 0 Å². The molecule has 1 atom stereocenters. The molecule has 0 unspecified atom stereocenters. The van der Waals surface area contributed by atoms with Gasteiger partial charge < -0.3 is 14.2 Å². The van der Waals surface area contributed by atoms with E-state index in [9.17, 15) is 9.59 Å². The van der Waals surface area contributed by atoms with Crippen LogP contribution < -0.4 is 4.74 Å². The molecule has 0 bridgehead atoms. The topological polar surface area (TPSA) is 77.3 Å². The van der Waals surface area contributed by atoms with Gasteiger partial charge in [-0.25, -0.2) is 0 Å². The molecular formula is C20H22Cl2N4O3. The van der Waals surface area contributed by atoms with Crippen molar-refractivity contribution >= 4 is 35.1 Å². The number of aromatic nitrogens is 3. The summed E-state index contributed by atoms with van der Waals surface area (Å²) in [5, 5.41) is 9.66. The van der Waals surface area contributed by atoms with Crippen molar-refractivity contribution in [3.05, 3.63) is 39.4 Å². The van der Waals surface area contributed by atoms with Gasteiger partial charge in [0.05, 0.1) is 10.0 Å². The standard InChI is InChI=1S/C20H22Cl2N4O3/c1-11(27)25-7-5-13(6-8-25)20-24-23-17-9-14(10-26(17)20)18-16(29-12(2)28)4-3-15(21)19(18)22/h3-4,13-14H,5-10H2,1-2H3/t14-/m1/s1. The molecule has 0 N–H and O–H groups in total. The van der Waals surface area contributed by atoms with Crippen molar-refractivity contribution in [2.24, 2.45) is 0 Å². The van der Waals surface area contributed by atoms with Gasteiger partial charge in [0.2, 0.25) is 5.91 Å². The maximum atomic E-state index is 11.6. The fourth-order valence-corrected chi connectivity index (χ4v) is 4.80. The predicted molar refractivity (Wildman–Crippen MR) is 108 cm³/mol. The average molecular weight is 437 g/mol. The smallest absolute Gasteiger partial charge is 0.308 e. The minimum absolute atomic E-state index is 0.00268. The molecule has 1 aromatic heterocycles. The number of carbonyl (C=O) groups is 2. The number of likely N-dealkylation sites (tertiary alicyclic amines) is 1. The van der Waals surface area contributed by atoms with Gasteiger partial charge >= 0.3 is 5.97 Å². The molecule has 4 rings (SSSR count). The number of fused-ring (bicyclic) bond motifs is 1. The van der Waals surface area contributed by atoms with Gasteiger partial charge in [-0.15, -0.1) is 10.2 Å². The second-order valence-electron chi connectivity index (χ2n) is 7.63. The minimum atomic E-state index is -0.403. The van der Waals surface area contributed by atoms with Crippen molar-refractivity contribution in [1.29, 1.82) is 0 Å². The molecule has 1 fully saturated rings. The van der Waals surface area contributed by atoms with E-state index in [1.165, 1.54) is 6.92 Å². The Morgan fingerprint density at radius 3 is 2.48 bits per heavy atom. The number of nitrogens with zero attached hydrogens (tertiary/aromatic N) is 4. The van der Waals surface area contributed by atoms with Crippen molar-refractivity contribution in [2.75, 3.05) is 13.1 Å². The van der Waals surface area contributed by atoms with Crippen LogP contribution in [0.15, 0.2) is 12.1 Å². The lowest BCUT2D eigenvalue weighted by Crippen LogP contribution is -2.36. The van der Waals surface area contributed by atoms with Crippen molar-refractivity contribution < 1.29 is 14.3 Å². The summed E-state index contributed by atoms with van der Waals surface area (Å²) >= 11 is 12.7. The van der Waals surface area contributed by atoms with Crippen molar-refractivity contribution in [3.8, 4) is 5.75 Å². The average Bonchev–Trinajstić information content (AvgIpc) is 3.25. The summed E-state index contributed by atoms with van der Waals surface area (Å²) in [4.78, 5) is 25.0. The number of halogens is 2. The van der Waals surface area contributed by atoms with Gasteiger partial charge in [0.25, 0.3) is 0 Å². The van der Waals surface area contributed by atoms with Gasteiger partial charge in [0.15, 0.2) is 0 Å². The van der Waals surface area contributed by atoms with E-state index in [1.807, 2.05) is 4.90 Å². The van der Waals surface area contributed by atoms with E-state index in [4.69, 9.17) is 27.9 Å². The molecule has 154 valence electrons. The van der Waals surface area contributed by atoms with Gasteiger partial charge in [-0.3, -0.25) is 9.59 Å². The zero-order chi connectivity index (χ0) is 20.7. The predicted octanol–water partition coefficient (Wildman–Crippen LogP) is 3.58. The highest BCUT2D eigenvalue weighted by Gasteiger charge is 2.34. The Hall–Kier alpha value is -2.12. The lowest BCUT2D eigenvalue weighted by Gasteiger charge is -2.30. The summed E-state index contributed by atoms with van der Waals surface area (Å²) in [6, 6.07) is 3.32. The first-order valence-corrected chi connectivity index (χ1v) is 10.4. The van der Waals surface area contributed by atoms with E-state index in [2.05, 4.69) is 14.8 Å². The zero-order valence-corrected chi connectivity index (χ0v) is 17.8. The Kier molecular flexibility index (Phi) is 5.53. The first-order chi connectivity index (χ1) is 13.8. The van der Waals surface area contributed by atoms with Gasteiger partial charge in [0.1, 0.15) is 17.4 Å². The largest absolute Gasteiger partial charge is 0.426 e. The normalized spacial score (nSPS) is 19.3. The van der Waals surface area contributed by atoms with Crippen LogP contribution in [0.1, 0.15) is 55.7 Å². The van der Waals surface area contributed by atoms with E-state index >= 15 is 0 Å². The van der Waals surface area contributed by atoms with Crippen LogP contribution in [0.2, 0.25) is 10.0 Å². The summed E-state index contributed by atoms with van der Waals surface area (Å²) in [5.41, 5.74) is 0.734. The monoisotopic (exact) mass is 436 g/mol. The first kappa shape index (κ1) is 20.2. The van der Waals surface area contributed by atoms with Crippen LogP contribution in [-0.2, 0) is 22.6 Å². The van der Waals surface area contributed by atoms with E-state index in [0.717, 1.165) is 43.1 Å². The van der Waals surface area contributed by atoms with Crippen LogP contribution in [0.3, 0.4) is 0 Å². The Morgan fingerprint density at radius 1 is 1.10 bits per heavy atom. The summed E-state index contributed by atoms with van der Waals surface area (Å²) in [6.45, 7) is 5.10. The zero-order valence-electron chi connectivity index (χ0n) is 16.3. The van der Waals surface area contributed by atoms with Crippen LogP contribution in [0.5, 0.6) is 5.75 Å². The fourth-order valence-electron chi connectivity index (χ4n) is 4.33. The van der Waals surface area contributed by atoms with E-state index < -0.39 is 5.97 Å². The Bertz CT molecular complexity index is 967. The molecule has 0 spiro atoms. The second-order valence-corrected chi connectivity index (χ2v) is 8.42. The number of carbonyl (C=O) groups excluding carboxylic acids is 2. The number of piperidine rings is 1. The van der Waals surface area contributed by atoms with Gasteiger partial charge in [0, 0.05) is 57.3 Å². The van der Waals surface area contributed by atoms with Gasteiger partial charge in [-0.2, -0.15) is 0 Å². The third kappa shape index (κ3) is 3.85. The lowest BCUT2D eigenvalue weighted by atomic mass is 9.95. The SMILES string of the molecule is CC(=O)Oc1ccc(Cl)c(Cl)c1[C@@H]1Cc2nnc(C3CCN(C(C)=O)CC3)n2C1. The van der Waals surface area contributed by atoms with Crippen LogP contribution in [-0.4, -0.2) is 44.6 Å².